The topological polar surface area (TPSA) is 75.3 Å². The molecule has 20 heavy (non-hydrogen) atoms. The summed E-state index contributed by atoms with van der Waals surface area (Å²) in [7, 11) is 0. The summed E-state index contributed by atoms with van der Waals surface area (Å²) >= 11 is 11.9. The zero-order valence-corrected chi connectivity index (χ0v) is 13.0. The van der Waals surface area contributed by atoms with E-state index in [9.17, 15) is 4.79 Å². The summed E-state index contributed by atoms with van der Waals surface area (Å²) in [5.41, 5.74) is 6.33. The van der Waals surface area contributed by atoms with Gasteiger partial charge in [0.15, 0.2) is 0 Å². The molecule has 112 valence electrons. The van der Waals surface area contributed by atoms with E-state index >= 15 is 0 Å². The van der Waals surface area contributed by atoms with Gasteiger partial charge in [0, 0.05) is 18.8 Å². The lowest BCUT2D eigenvalue weighted by molar-refractivity contribution is 0.0943. The van der Waals surface area contributed by atoms with Gasteiger partial charge < -0.3 is 16.2 Å². The number of carbonyl (C=O) groups is 1. The van der Waals surface area contributed by atoms with Crippen LogP contribution in [0.5, 0.6) is 0 Å². The number of rotatable bonds is 7. The van der Waals surface area contributed by atoms with E-state index in [0.717, 1.165) is 12.8 Å². The van der Waals surface area contributed by atoms with Gasteiger partial charge in [0.25, 0.3) is 5.91 Å². The van der Waals surface area contributed by atoms with Crippen LogP contribution in [0.25, 0.3) is 0 Å². The number of carbonyl (C=O) groups excluding carboxylic acids is 1. The molecule has 0 bridgehead atoms. The van der Waals surface area contributed by atoms with E-state index in [0.29, 0.717) is 18.7 Å². The number of nitrogen functional groups attached to an aromatic ring is 1. The van der Waals surface area contributed by atoms with E-state index in [2.05, 4.69) is 12.2 Å². The van der Waals surface area contributed by atoms with Gasteiger partial charge in [0.05, 0.1) is 15.6 Å². The lowest BCUT2D eigenvalue weighted by Crippen LogP contribution is -2.30. The van der Waals surface area contributed by atoms with Crippen LogP contribution >= 0.6 is 23.2 Å². The smallest absolute Gasteiger partial charge is 0.252 e. The van der Waals surface area contributed by atoms with Gasteiger partial charge in [-0.15, -0.1) is 0 Å². The standard InChI is InChI=1S/C14H20Cl2N2O2/c1-2-3-9(4-5-19)8-18-14(20)11-6-10(17)7-12(15)13(11)16/h6-7,9,19H,2-5,8,17H2,1H3,(H,18,20). The molecule has 1 aromatic carbocycles. The number of aliphatic hydroxyl groups is 1. The van der Waals surface area contributed by atoms with Crippen molar-refractivity contribution >= 4 is 34.8 Å². The van der Waals surface area contributed by atoms with Crippen molar-refractivity contribution in [2.45, 2.75) is 26.2 Å². The number of halogens is 2. The molecule has 4 N–H and O–H groups in total. The molecule has 1 atom stereocenters. The molecular formula is C14H20Cl2N2O2. The summed E-state index contributed by atoms with van der Waals surface area (Å²) in [5, 5.41) is 12.3. The summed E-state index contributed by atoms with van der Waals surface area (Å²) in [6.07, 6.45) is 2.62. The molecule has 1 aromatic rings. The quantitative estimate of drug-likeness (QED) is 0.676. The van der Waals surface area contributed by atoms with E-state index in [1.54, 1.807) is 0 Å². The summed E-state index contributed by atoms with van der Waals surface area (Å²) in [4.78, 5) is 12.1. The average Bonchev–Trinajstić information content (AvgIpc) is 2.40. The highest BCUT2D eigenvalue weighted by Crippen LogP contribution is 2.28. The largest absolute Gasteiger partial charge is 0.399 e. The highest BCUT2D eigenvalue weighted by Gasteiger charge is 2.15. The number of nitrogens with one attached hydrogen (secondary N) is 1. The van der Waals surface area contributed by atoms with Crippen molar-refractivity contribution in [2.24, 2.45) is 5.92 Å². The fourth-order valence-electron chi connectivity index (χ4n) is 2.05. The Morgan fingerprint density at radius 1 is 1.40 bits per heavy atom. The second-order valence-electron chi connectivity index (χ2n) is 4.74. The van der Waals surface area contributed by atoms with Crippen LogP contribution in [0.2, 0.25) is 10.0 Å². The number of hydrogen-bond donors (Lipinski definition) is 3. The molecule has 0 saturated heterocycles. The number of nitrogens with two attached hydrogens (primary N) is 1. The molecule has 1 unspecified atom stereocenters. The van der Waals surface area contributed by atoms with Gasteiger partial charge in [0.1, 0.15) is 0 Å². The Labute approximate surface area is 129 Å². The van der Waals surface area contributed by atoms with Gasteiger partial charge in [0.2, 0.25) is 0 Å². The van der Waals surface area contributed by atoms with Gasteiger partial charge in [-0.3, -0.25) is 4.79 Å². The first kappa shape index (κ1) is 17.1. The summed E-state index contributed by atoms with van der Waals surface area (Å²) in [5.74, 6) is -0.0486. The lowest BCUT2D eigenvalue weighted by Gasteiger charge is -2.16. The second kappa shape index (κ2) is 8.35. The summed E-state index contributed by atoms with van der Waals surface area (Å²) in [6.45, 7) is 2.68. The first-order valence-electron chi connectivity index (χ1n) is 6.63. The van der Waals surface area contributed by atoms with Crippen LogP contribution in [0.15, 0.2) is 12.1 Å². The normalized spacial score (nSPS) is 12.2. The Hall–Kier alpha value is -0.970. The van der Waals surface area contributed by atoms with Crippen molar-refractivity contribution < 1.29 is 9.90 Å². The molecule has 0 spiro atoms. The SMILES string of the molecule is CCCC(CCO)CNC(=O)c1cc(N)cc(Cl)c1Cl. The minimum Gasteiger partial charge on any atom is -0.399 e. The fraction of sp³-hybridized carbons (Fsp3) is 0.500. The predicted octanol–water partition coefficient (Wildman–Crippen LogP) is 3.10. The Morgan fingerprint density at radius 2 is 2.10 bits per heavy atom. The first-order valence-corrected chi connectivity index (χ1v) is 7.38. The zero-order chi connectivity index (χ0) is 15.1. The molecule has 0 aliphatic rings. The fourth-order valence-corrected chi connectivity index (χ4v) is 2.47. The van der Waals surface area contributed by atoms with Crippen LogP contribution in [0.3, 0.4) is 0 Å². The number of benzene rings is 1. The second-order valence-corrected chi connectivity index (χ2v) is 5.53. The number of hydrogen-bond acceptors (Lipinski definition) is 3. The Balaban J connectivity index is 2.71. The minimum absolute atomic E-state index is 0.116. The molecular weight excluding hydrogens is 299 g/mol. The molecule has 0 fully saturated rings. The molecule has 0 aliphatic heterocycles. The third kappa shape index (κ3) is 4.85. The number of amides is 1. The number of aliphatic hydroxyl groups excluding tert-OH is 1. The molecule has 0 radical (unpaired) electrons. The van der Waals surface area contributed by atoms with E-state index < -0.39 is 0 Å². The molecule has 6 heteroatoms. The maximum absolute atomic E-state index is 12.1. The molecule has 0 aliphatic carbocycles. The maximum atomic E-state index is 12.1. The van der Waals surface area contributed by atoms with Crippen molar-refractivity contribution in [1.29, 1.82) is 0 Å². The molecule has 1 amide bonds. The Kier molecular flexibility index (Phi) is 7.13. The molecule has 4 nitrogen and oxygen atoms in total. The summed E-state index contributed by atoms with van der Waals surface area (Å²) < 4.78 is 0. The van der Waals surface area contributed by atoms with Crippen molar-refractivity contribution in [2.75, 3.05) is 18.9 Å². The van der Waals surface area contributed by atoms with Crippen LogP contribution in [-0.2, 0) is 0 Å². The summed E-state index contributed by atoms with van der Waals surface area (Å²) in [6, 6.07) is 3.01. The molecule has 0 saturated carbocycles. The lowest BCUT2D eigenvalue weighted by atomic mass is 10.00. The molecule has 0 aromatic heterocycles. The number of anilines is 1. The highest BCUT2D eigenvalue weighted by molar-refractivity contribution is 6.44. The monoisotopic (exact) mass is 318 g/mol. The van der Waals surface area contributed by atoms with Crippen LogP contribution in [-0.4, -0.2) is 24.2 Å². The molecule has 1 rings (SSSR count). The predicted molar refractivity (Wildman–Crippen MR) is 83.3 cm³/mol. The van der Waals surface area contributed by atoms with Crippen LogP contribution in [0, 0.1) is 5.92 Å². The Morgan fingerprint density at radius 3 is 2.70 bits per heavy atom. The van der Waals surface area contributed by atoms with Gasteiger partial charge in [-0.25, -0.2) is 0 Å². The Bertz CT molecular complexity index is 461. The van der Waals surface area contributed by atoms with Crippen LogP contribution < -0.4 is 11.1 Å². The first-order chi connectivity index (χ1) is 9.49. The zero-order valence-electron chi connectivity index (χ0n) is 11.5. The van der Waals surface area contributed by atoms with Gasteiger partial charge in [-0.05, 0) is 30.9 Å². The van der Waals surface area contributed by atoms with Crippen molar-refractivity contribution in [3.8, 4) is 0 Å². The van der Waals surface area contributed by atoms with Crippen LogP contribution in [0.4, 0.5) is 5.69 Å². The highest BCUT2D eigenvalue weighted by atomic mass is 35.5. The van der Waals surface area contributed by atoms with Crippen molar-refractivity contribution in [3.05, 3.63) is 27.7 Å². The van der Waals surface area contributed by atoms with Crippen molar-refractivity contribution in [1.82, 2.24) is 5.32 Å². The van der Waals surface area contributed by atoms with Gasteiger partial charge in [-0.1, -0.05) is 36.5 Å². The van der Waals surface area contributed by atoms with E-state index in [1.165, 1.54) is 12.1 Å². The van der Waals surface area contributed by atoms with Crippen LogP contribution in [0.1, 0.15) is 36.5 Å². The average molecular weight is 319 g/mol. The van der Waals surface area contributed by atoms with Gasteiger partial charge in [-0.2, -0.15) is 0 Å². The maximum Gasteiger partial charge on any atom is 0.252 e. The molecule has 0 heterocycles. The minimum atomic E-state index is -0.303. The van der Waals surface area contributed by atoms with Crippen molar-refractivity contribution in [3.63, 3.8) is 0 Å². The van der Waals surface area contributed by atoms with E-state index in [4.69, 9.17) is 34.0 Å². The third-order valence-electron chi connectivity index (χ3n) is 3.08. The third-order valence-corrected chi connectivity index (χ3v) is 3.88. The van der Waals surface area contributed by atoms with E-state index in [1.807, 2.05) is 0 Å². The van der Waals surface area contributed by atoms with E-state index in [-0.39, 0.29) is 34.0 Å². The van der Waals surface area contributed by atoms with Gasteiger partial charge >= 0.3 is 0 Å².